The van der Waals surface area contributed by atoms with E-state index in [0.29, 0.717) is 0 Å². The van der Waals surface area contributed by atoms with Crippen LogP contribution in [0.15, 0.2) is 152 Å². The molecular formula is C42H25N3O. The van der Waals surface area contributed by atoms with Crippen molar-refractivity contribution in [1.29, 1.82) is 0 Å². The Kier molecular flexibility index (Phi) is 4.55. The molecule has 0 bridgehead atoms. The lowest BCUT2D eigenvalue weighted by atomic mass is 10.0. The predicted molar refractivity (Wildman–Crippen MR) is 190 cm³/mol. The van der Waals surface area contributed by atoms with Crippen LogP contribution in [0.5, 0.6) is 11.5 Å². The molecule has 214 valence electrons. The zero-order chi connectivity index (χ0) is 29.9. The topological polar surface area (TPSA) is 24.0 Å². The number of rotatable bonds is 2. The van der Waals surface area contributed by atoms with Crippen molar-refractivity contribution in [3.05, 3.63) is 152 Å². The maximum absolute atomic E-state index is 6.71. The molecular weight excluding hydrogens is 562 g/mol. The van der Waals surface area contributed by atoms with Gasteiger partial charge in [0, 0.05) is 49.8 Å². The molecule has 0 spiro atoms. The van der Waals surface area contributed by atoms with Crippen LogP contribution in [0.1, 0.15) is 0 Å². The van der Waals surface area contributed by atoms with E-state index in [2.05, 4.69) is 159 Å². The molecule has 0 aliphatic carbocycles. The zero-order valence-electron chi connectivity index (χ0n) is 24.7. The fourth-order valence-electron chi connectivity index (χ4n) is 8.00. The standard InChI is InChI=1S/C42H25N3O/c1-5-18-32-28(14-1)29-15-2-6-19-33(29)43(32)26-12-11-13-27(24-26)44-34-20-7-3-16-30(34)40-37(44)25-39-42-41(40)31-17-4-8-21-35(31)45(42)36-22-9-10-23-38(36)46-39/h1-25H. The van der Waals surface area contributed by atoms with Crippen LogP contribution in [0.4, 0.5) is 0 Å². The fraction of sp³-hybridized carbons (Fsp3) is 0. The minimum absolute atomic E-state index is 0.869. The van der Waals surface area contributed by atoms with Gasteiger partial charge in [0.05, 0.1) is 38.8 Å². The van der Waals surface area contributed by atoms with Crippen LogP contribution < -0.4 is 4.74 Å². The van der Waals surface area contributed by atoms with Crippen LogP contribution in [-0.4, -0.2) is 13.7 Å². The van der Waals surface area contributed by atoms with Gasteiger partial charge >= 0.3 is 0 Å². The number of hydrogen-bond acceptors (Lipinski definition) is 1. The van der Waals surface area contributed by atoms with Gasteiger partial charge in [-0.25, -0.2) is 0 Å². The van der Waals surface area contributed by atoms with E-state index < -0.39 is 0 Å². The van der Waals surface area contributed by atoms with Crippen molar-refractivity contribution < 1.29 is 4.74 Å². The lowest BCUT2D eigenvalue weighted by molar-refractivity contribution is 0.477. The summed E-state index contributed by atoms with van der Waals surface area (Å²) in [7, 11) is 0. The van der Waals surface area contributed by atoms with Crippen molar-refractivity contribution in [3.63, 3.8) is 0 Å². The lowest BCUT2D eigenvalue weighted by Crippen LogP contribution is -2.04. The van der Waals surface area contributed by atoms with Gasteiger partial charge in [-0.05, 0) is 54.6 Å². The van der Waals surface area contributed by atoms with E-state index in [-0.39, 0.29) is 0 Å². The third kappa shape index (κ3) is 2.98. The molecule has 4 heterocycles. The molecule has 3 aromatic heterocycles. The van der Waals surface area contributed by atoms with Crippen LogP contribution in [0.3, 0.4) is 0 Å². The van der Waals surface area contributed by atoms with Crippen LogP contribution in [-0.2, 0) is 0 Å². The van der Waals surface area contributed by atoms with E-state index in [9.17, 15) is 0 Å². The molecule has 10 aromatic rings. The Morgan fingerprint density at radius 3 is 1.52 bits per heavy atom. The van der Waals surface area contributed by atoms with Crippen molar-refractivity contribution >= 4 is 65.4 Å². The second-order valence-electron chi connectivity index (χ2n) is 12.2. The Hall–Kier alpha value is -6.26. The van der Waals surface area contributed by atoms with Crippen molar-refractivity contribution in [2.45, 2.75) is 0 Å². The highest BCUT2D eigenvalue weighted by Crippen LogP contribution is 2.50. The lowest BCUT2D eigenvalue weighted by Gasteiger charge is -2.21. The molecule has 46 heavy (non-hydrogen) atoms. The third-order valence-corrected chi connectivity index (χ3v) is 9.79. The molecule has 0 saturated heterocycles. The van der Waals surface area contributed by atoms with Gasteiger partial charge in [-0.15, -0.1) is 0 Å². The smallest absolute Gasteiger partial charge is 0.154 e. The van der Waals surface area contributed by atoms with Crippen LogP contribution in [0.25, 0.3) is 82.5 Å². The minimum Gasteiger partial charge on any atom is -0.453 e. The molecule has 0 atom stereocenters. The van der Waals surface area contributed by atoms with E-state index in [1.807, 2.05) is 6.07 Å². The Morgan fingerprint density at radius 1 is 0.348 bits per heavy atom. The molecule has 4 nitrogen and oxygen atoms in total. The number of hydrogen-bond donors (Lipinski definition) is 0. The van der Waals surface area contributed by atoms with Crippen LogP contribution in [0.2, 0.25) is 0 Å². The summed E-state index contributed by atoms with van der Waals surface area (Å²) >= 11 is 0. The fourth-order valence-corrected chi connectivity index (χ4v) is 8.00. The van der Waals surface area contributed by atoms with E-state index in [1.54, 1.807) is 0 Å². The predicted octanol–water partition coefficient (Wildman–Crippen LogP) is 11.1. The molecule has 0 amide bonds. The first-order chi connectivity index (χ1) is 22.8. The summed E-state index contributed by atoms with van der Waals surface area (Å²) in [6.07, 6.45) is 0. The van der Waals surface area contributed by atoms with E-state index in [1.165, 1.54) is 54.4 Å². The molecule has 0 saturated carbocycles. The van der Waals surface area contributed by atoms with E-state index in [4.69, 9.17) is 4.74 Å². The van der Waals surface area contributed by atoms with Gasteiger partial charge in [0.1, 0.15) is 0 Å². The second-order valence-corrected chi connectivity index (χ2v) is 12.2. The largest absolute Gasteiger partial charge is 0.453 e. The maximum Gasteiger partial charge on any atom is 0.154 e. The Balaban J connectivity index is 1.27. The highest BCUT2D eigenvalue weighted by molar-refractivity contribution is 6.30. The van der Waals surface area contributed by atoms with Crippen molar-refractivity contribution in [1.82, 2.24) is 13.7 Å². The van der Waals surface area contributed by atoms with Crippen molar-refractivity contribution in [2.24, 2.45) is 0 Å². The highest BCUT2D eigenvalue weighted by atomic mass is 16.5. The summed E-state index contributed by atoms with van der Waals surface area (Å²) in [6.45, 7) is 0. The van der Waals surface area contributed by atoms with Crippen LogP contribution in [0, 0.1) is 0 Å². The Morgan fingerprint density at radius 2 is 0.848 bits per heavy atom. The average Bonchev–Trinajstić information content (AvgIpc) is 3.75. The minimum atomic E-state index is 0.869. The number of benzene rings is 7. The molecule has 1 aliphatic heterocycles. The summed E-state index contributed by atoms with van der Waals surface area (Å²) in [5, 5.41) is 7.45. The number of ether oxygens (including phenoxy) is 1. The molecule has 4 heteroatoms. The quantitative estimate of drug-likeness (QED) is 0.197. The van der Waals surface area contributed by atoms with Gasteiger partial charge in [0.25, 0.3) is 0 Å². The third-order valence-electron chi connectivity index (χ3n) is 9.79. The summed E-state index contributed by atoms with van der Waals surface area (Å²) < 4.78 is 13.9. The van der Waals surface area contributed by atoms with Gasteiger partial charge in [-0.2, -0.15) is 0 Å². The molecule has 0 unspecified atom stereocenters. The number of fused-ring (bicyclic) bond motifs is 12. The molecule has 1 aliphatic rings. The molecule has 0 N–H and O–H groups in total. The van der Waals surface area contributed by atoms with Gasteiger partial charge in [0.15, 0.2) is 11.5 Å². The normalized spacial score (nSPS) is 12.5. The van der Waals surface area contributed by atoms with Gasteiger partial charge in [-0.1, -0.05) is 91.0 Å². The number of para-hydroxylation sites is 6. The summed E-state index contributed by atoms with van der Waals surface area (Å²) in [6, 6.07) is 54.4. The molecule has 11 rings (SSSR count). The zero-order valence-corrected chi connectivity index (χ0v) is 24.7. The van der Waals surface area contributed by atoms with Crippen LogP contribution >= 0.6 is 0 Å². The second kappa shape index (κ2) is 8.68. The Bertz CT molecular complexity index is 2850. The summed E-state index contributed by atoms with van der Waals surface area (Å²) in [4.78, 5) is 0. The van der Waals surface area contributed by atoms with Gasteiger partial charge in [0.2, 0.25) is 0 Å². The summed E-state index contributed by atoms with van der Waals surface area (Å²) in [5.74, 6) is 1.74. The first-order valence-corrected chi connectivity index (χ1v) is 15.7. The first kappa shape index (κ1) is 24.1. The van der Waals surface area contributed by atoms with Crippen molar-refractivity contribution in [2.75, 3.05) is 0 Å². The summed E-state index contributed by atoms with van der Waals surface area (Å²) in [5.41, 5.74) is 10.3. The van der Waals surface area contributed by atoms with E-state index >= 15 is 0 Å². The maximum atomic E-state index is 6.71. The molecule has 0 fully saturated rings. The van der Waals surface area contributed by atoms with Gasteiger partial charge in [-0.3, -0.25) is 0 Å². The number of aromatic nitrogens is 3. The average molecular weight is 588 g/mol. The van der Waals surface area contributed by atoms with Gasteiger partial charge < -0.3 is 18.4 Å². The number of nitrogens with zero attached hydrogens (tertiary/aromatic N) is 3. The Labute approximate surface area is 263 Å². The SMILES string of the molecule is c1cc(-n2c3ccccc3c3ccccc32)cc(-n2c3ccccc3c3c4c5ccccc5n5c4c(cc32)Oc2ccccc2-5)c1. The van der Waals surface area contributed by atoms with E-state index in [0.717, 1.165) is 39.6 Å². The van der Waals surface area contributed by atoms with Crippen molar-refractivity contribution in [3.8, 4) is 28.6 Å². The molecule has 7 aromatic carbocycles. The monoisotopic (exact) mass is 587 g/mol. The first-order valence-electron chi connectivity index (χ1n) is 15.7. The molecule has 0 radical (unpaired) electrons. The highest BCUT2D eigenvalue weighted by Gasteiger charge is 2.28.